The van der Waals surface area contributed by atoms with E-state index in [1.165, 1.54) is 23.3 Å². The van der Waals surface area contributed by atoms with E-state index >= 15 is 0 Å². The first-order valence-corrected chi connectivity index (χ1v) is 30.7. The van der Waals surface area contributed by atoms with Crippen molar-refractivity contribution in [1.29, 1.82) is 0 Å². The van der Waals surface area contributed by atoms with Gasteiger partial charge in [-0.1, -0.05) is 38.1 Å². The van der Waals surface area contributed by atoms with Gasteiger partial charge in [0.05, 0.1) is 44.6 Å². The fourth-order valence-electron chi connectivity index (χ4n) is 13.2. The summed E-state index contributed by atoms with van der Waals surface area (Å²) in [7, 11) is -8.10. The number of fused-ring (bicyclic) bond motifs is 3. The number of piperazine rings is 1. The molecule has 5 fully saturated rings. The number of nitro groups is 1. The molecule has 1 spiro atoms. The minimum atomic E-state index is -4.66. The Bertz CT molecular complexity index is 3310. The Morgan fingerprint density at radius 1 is 0.923 bits per heavy atom. The first kappa shape index (κ1) is 54.1. The van der Waals surface area contributed by atoms with Gasteiger partial charge in [-0.3, -0.25) is 19.8 Å². The van der Waals surface area contributed by atoms with Gasteiger partial charge in [0, 0.05) is 81.3 Å². The van der Waals surface area contributed by atoms with Crippen molar-refractivity contribution in [1.82, 2.24) is 23.9 Å². The lowest BCUT2D eigenvalue weighted by Gasteiger charge is -2.58. The van der Waals surface area contributed by atoms with Crippen LogP contribution in [-0.2, 0) is 24.8 Å². The predicted molar refractivity (Wildman–Crippen MR) is 300 cm³/mol. The highest BCUT2D eigenvalue weighted by Crippen LogP contribution is 2.54. The molecular weight excluding hydrogens is 1030 g/mol. The van der Waals surface area contributed by atoms with Gasteiger partial charge >= 0.3 is 0 Å². The fourth-order valence-corrected chi connectivity index (χ4v) is 15.5. The van der Waals surface area contributed by atoms with Crippen molar-refractivity contribution in [2.24, 2.45) is 11.3 Å². The van der Waals surface area contributed by atoms with Gasteiger partial charge in [-0.15, -0.1) is 0 Å². The van der Waals surface area contributed by atoms with Gasteiger partial charge in [0.25, 0.3) is 21.6 Å². The number of anilines is 4. The van der Waals surface area contributed by atoms with Gasteiger partial charge in [0.1, 0.15) is 23.1 Å². The Hall–Kier alpha value is -5.84. The van der Waals surface area contributed by atoms with Gasteiger partial charge in [0.2, 0.25) is 15.9 Å². The quantitative estimate of drug-likeness (QED) is 0.0602. The van der Waals surface area contributed by atoms with E-state index in [2.05, 4.69) is 67.8 Å². The number of aromatic amines is 1. The van der Waals surface area contributed by atoms with Gasteiger partial charge in [0.15, 0.2) is 0 Å². The summed E-state index contributed by atoms with van der Waals surface area (Å²) >= 11 is 0. The minimum Gasteiger partial charge on any atom is -0.468 e. The minimum absolute atomic E-state index is 0.0550. The topological polar surface area (TPSA) is 233 Å². The molecule has 0 bridgehead atoms. The zero-order valence-corrected chi connectivity index (χ0v) is 46.8. The van der Waals surface area contributed by atoms with E-state index in [-0.39, 0.29) is 47.2 Å². The molecule has 4 N–H and O–H groups in total. The summed E-state index contributed by atoms with van der Waals surface area (Å²) in [4.78, 5) is 41.1. The third-order valence-corrected chi connectivity index (χ3v) is 21.4. The summed E-state index contributed by atoms with van der Waals surface area (Å²) in [6.07, 6.45) is 8.53. The highest BCUT2D eigenvalue weighted by Gasteiger charge is 2.51. The SMILES string of the molecule is CC(C)c1ccccc1[C@@H]1CN(S(=O)(=O)C(C)C)CCN1C1CC2(CCN(c3ccc(C(=O)NS(=O)(=O)c4ccc(NC[C@H]5CC[C@](C)(O)CC5)c([N+](=O)[O-])c4)c(N4c5cc6cc[nH]c6nc5O[C@H]5COCC[C@@H]54)c3)CC2)C1. The number of nitrogens with zero attached hydrogens (tertiary/aromatic N) is 6. The van der Waals surface area contributed by atoms with Crippen LogP contribution in [0.4, 0.5) is 28.4 Å². The maximum Gasteiger partial charge on any atom is 0.293 e. The Labute approximate surface area is 457 Å². The smallest absolute Gasteiger partial charge is 0.293 e. The predicted octanol–water partition coefficient (Wildman–Crippen LogP) is 8.60. The fraction of sp³-hybridized carbons (Fsp3) is 0.544. The molecule has 2 aliphatic carbocycles. The Kier molecular flexibility index (Phi) is 14.6. The molecule has 6 heterocycles. The van der Waals surface area contributed by atoms with Gasteiger partial charge in [-0.25, -0.2) is 21.6 Å². The summed E-state index contributed by atoms with van der Waals surface area (Å²) < 4.78 is 72.0. The van der Waals surface area contributed by atoms with Crippen LogP contribution >= 0.6 is 0 Å². The molecule has 78 heavy (non-hydrogen) atoms. The number of rotatable bonds is 14. The number of sulfonamides is 2. The van der Waals surface area contributed by atoms with Crippen LogP contribution in [0.15, 0.2) is 83.9 Å². The molecule has 6 aliphatic rings. The van der Waals surface area contributed by atoms with E-state index in [1.54, 1.807) is 30.4 Å². The lowest BCUT2D eigenvalue weighted by molar-refractivity contribution is -0.384. The van der Waals surface area contributed by atoms with Crippen molar-refractivity contribution < 1.29 is 41.1 Å². The molecule has 0 unspecified atom stereocenters. The van der Waals surface area contributed by atoms with Crippen molar-refractivity contribution in [2.45, 2.75) is 138 Å². The lowest BCUT2D eigenvalue weighted by atomic mass is 9.59. The molecule has 4 aliphatic heterocycles. The molecule has 0 radical (unpaired) electrons. The zero-order chi connectivity index (χ0) is 54.9. The molecule has 21 heteroatoms. The summed E-state index contributed by atoms with van der Waals surface area (Å²) in [6.45, 7) is 13.9. The van der Waals surface area contributed by atoms with Gasteiger partial charge in [-0.05, 0) is 149 Å². The average molecular weight is 1110 g/mol. The first-order chi connectivity index (χ1) is 37.2. The van der Waals surface area contributed by atoms with Crippen molar-refractivity contribution in [3.63, 3.8) is 0 Å². The van der Waals surface area contributed by atoms with Crippen LogP contribution in [0.25, 0.3) is 11.0 Å². The number of hydrogen-bond donors (Lipinski definition) is 4. The number of carbonyl (C=O) groups excluding carboxylic acids is 1. The molecule has 11 rings (SSSR count). The van der Waals surface area contributed by atoms with Gasteiger partial charge < -0.3 is 34.7 Å². The zero-order valence-electron chi connectivity index (χ0n) is 45.2. The highest BCUT2D eigenvalue weighted by molar-refractivity contribution is 7.90. The average Bonchev–Trinajstić information content (AvgIpc) is 3.91. The van der Waals surface area contributed by atoms with E-state index in [0.717, 1.165) is 68.8 Å². The number of amides is 1. The third kappa shape index (κ3) is 10.5. The molecule has 5 aromatic rings. The van der Waals surface area contributed by atoms with Crippen LogP contribution in [0, 0.1) is 21.4 Å². The Morgan fingerprint density at radius 3 is 2.41 bits per heavy atom. The lowest BCUT2D eigenvalue weighted by Crippen LogP contribution is -2.61. The number of aliphatic hydroxyl groups is 1. The van der Waals surface area contributed by atoms with E-state index in [9.17, 15) is 36.9 Å². The number of pyridine rings is 1. The maximum absolute atomic E-state index is 14.8. The normalized spacial score (nSPS) is 25.1. The number of ether oxygens (including phenoxy) is 2. The number of hydrogen-bond acceptors (Lipinski definition) is 15. The van der Waals surface area contributed by atoms with E-state index in [1.807, 2.05) is 31.2 Å². The molecule has 2 aromatic heterocycles. The second kappa shape index (κ2) is 21.0. The number of nitrogens with one attached hydrogen (secondary N) is 3. The van der Waals surface area contributed by atoms with Gasteiger partial charge in [-0.2, -0.15) is 9.29 Å². The molecule has 3 aromatic carbocycles. The van der Waals surface area contributed by atoms with Crippen LogP contribution < -0.4 is 24.6 Å². The second-order valence-corrected chi connectivity index (χ2v) is 27.8. The summed E-state index contributed by atoms with van der Waals surface area (Å²) in [5.74, 6) is -0.0964. The molecular formula is C57H73N9O10S2. The van der Waals surface area contributed by atoms with Crippen LogP contribution in [0.3, 0.4) is 0 Å². The summed E-state index contributed by atoms with van der Waals surface area (Å²) in [6, 6.07) is 21.4. The Balaban J connectivity index is 0.861. The maximum atomic E-state index is 14.8. The molecule has 3 saturated heterocycles. The summed E-state index contributed by atoms with van der Waals surface area (Å²) in [5.41, 5.74) is 4.22. The van der Waals surface area contributed by atoms with E-state index < -0.39 is 58.4 Å². The molecule has 19 nitrogen and oxygen atoms in total. The van der Waals surface area contributed by atoms with Crippen molar-refractivity contribution in [3.05, 3.63) is 106 Å². The summed E-state index contributed by atoms with van der Waals surface area (Å²) in [5, 5.41) is 26.3. The molecule has 418 valence electrons. The van der Waals surface area contributed by atoms with Crippen LogP contribution in [0.2, 0.25) is 0 Å². The molecule has 2 saturated carbocycles. The second-order valence-electron chi connectivity index (χ2n) is 23.6. The number of carbonyl (C=O) groups is 1. The van der Waals surface area contributed by atoms with Crippen LogP contribution in [-0.4, -0.2) is 133 Å². The monoisotopic (exact) mass is 1110 g/mol. The highest BCUT2D eigenvalue weighted by atomic mass is 32.2. The van der Waals surface area contributed by atoms with Crippen molar-refractivity contribution in [2.75, 3.05) is 67.6 Å². The van der Waals surface area contributed by atoms with Crippen LogP contribution in [0.5, 0.6) is 5.88 Å². The Morgan fingerprint density at radius 2 is 1.68 bits per heavy atom. The third-order valence-electron chi connectivity index (χ3n) is 17.9. The number of H-pyrrole nitrogens is 1. The number of piperidine rings is 1. The molecule has 1 amide bonds. The van der Waals surface area contributed by atoms with Crippen LogP contribution in [0.1, 0.15) is 126 Å². The number of nitro benzene ring substituents is 1. The van der Waals surface area contributed by atoms with Crippen molar-refractivity contribution >= 4 is 65.4 Å². The largest absolute Gasteiger partial charge is 0.468 e. The molecule has 3 atom stereocenters. The first-order valence-electron chi connectivity index (χ1n) is 27.8. The van der Waals surface area contributed by atoms with E-state index in [0.29, 0.717) is 81.0 Å². The number of aromatic nitrogens is 2. The van der Waals surface area contributed by atoms with E-state index in [4.69, 9.17) is 14.5 Å². The van der Waals surface area contributed by atoms with Crippen molar-refractivity contribution in [3.8, 4) is 5.88 Å². The standard InChI is InChI=1S/C57H73N9O10S2/c1-36(2)43-8-6-7-9-44(43)51-34-63(78(73,74)37(3)4)25-26-64(51)41-31-57(32-41)20-23-62(24-21-57)40-10-12-45(48(29-40)65-47-17-27-75-35-52(47)76-55-50(65)28-39-16-22-58-53(39)60-55)54(67)61-77(71,72)42-11-13-46(49(30-42)66(69)70)59-33-38-14-18-56(5,68)19-15-38/h6-13,16,22,28-30,36-38,41,47,51-52,59,68H,14-15,17-21,23-27,31-35H2,1-5H3,(H,58,60)(H,61,67)/t38-,47-,51-,52-,56-/m0/s1. The number of benzene rings is 3.